The molecule has 0 radical (unpaired) electrons. The Morgan fingerprint density at radius 1 is 1.21 bits per heavy atom. The molecule has 34 heavy (non-hydrogen) atoms. The number of benzene rings is 1. The third kappa shape index (κ3) is 5.48. The van der Waals surface area contributed by atoms with Gasteiger partial charge in [0.1, 0.15) is 16.9 Å². The van der Waals surface area contributed by atoms with Gasteiger partial charge in [-0.25, -0.2) is 5.10 Å². The Kier molecular flexibility index (Phi) is 6.47. The van der Waals surface area contributed by atoms with E-state index in [1.54, 1.807) is 13.8 Å². The van der Waals surface area contributed by atoms with Crippen molar-refractivity contribution >= 4 is 56.5 Å². The number of thioether (sulfide) groups is 1. The van der Waals surface area contributed by atoms with Crippen molar-refractivity contribution in [1.29, 1.82) is 0 Å². The Hall–Kier alpha value is -3.59. The Bertz CT molecular complexity index is 1400. The van der Waals surface area contributed by atoms with E-state index in [0.717, 1.165) is 23.1 Å². The van der Waals surface area contributed by atoms with Crippen molar-refractivity contribution in [2.24, 2.45) is 0 Å². The number of furan rings is 1. The minimum absolute atomic E-state index is 0.0265. The summed E-state index contributed by atoms with van der Waals surface area (Å²) in [6.07, 6.45) is -4.76. The number of aryl methyl sites for hydroxylation is 2. The van der Waals surface area contributed by atoms with Crippen LogP contribution in [0.25, 0.3) is 10.8 Å². The van der Waals surface area contributed by atoms with Crippen LogP contribution in [0.4, 0.5) is 29.9 Å². The standard InChI is InChI=1S/C19H15F3N6O4S2/c1-8-13-9(2)31-16(14(13)15(30)26-25-8)24-12(29)7-33-18-28-27-17(34-18)23-10-3-5-11(6-4-10)32-19(20,21)22/h3-6H,7H2,1-2H3,(H,23,27)(H,24,29)(H,26,30). The van der Waals surface area contributed by atoms with E-state index in [1.165, 1.54) is 24.3 Å². The van der Waals surface area contributed by atoms with E-state index in [2.05, 4.69) is 35.8 Å². The molecule has 1 amide bonds. The molecule has 0 saturated carbocycles. The lowest BCUT2D eigenvalue weighted by atomic mass is 10.2. The highest BCUT2D eigenvalue weighted by Crippen LogP contribution is 2.31. The highest BCUT2D eigenvalue weighted by molar-refractivity contribution is 8.01. The minimum atomic E-state index is -4.76. The quantitative estimate of drug-likeness (QED) is 0.309. The van der Waals surface area contributed by atoms with E-state index < -0.39 is 17.8 Å². The fraction of sp³-hybridized carbons (Fsp3) is 0.211. The maximum Gasteiger partial charge on any atom is 0.573 e. The molecule has 10 nitrogen and oxygen atoms in total. The van der Waals surface area contributed by atoms with Crippen molar-refractivity contribution in [2.45, 2.75) is 24.5 Å². The summed E-state index contributed by atoms with van der Waals surface area (Å²) >= 11 is 2.27. The van der Waals surface area contributed by atoms with Gasteiger partial charge in [-0.1, -0.05) is 23.1 Å². The molecule has 0 aliphatic carbocycles. The van der Waals surface area contributed by atoms with Gasteiger partial charge >= 0.3 is 6.36 Å². The van der Waals surface area contributed by atoms with E-state index in [9.17, 15) is 22.8 Å². The number of carbonyl (C=O) groups excluding carboxylic acids is 1. The van der Waals surface area contributed by atoms with Gasteiger partial charge in [0.15, 0.2) is 4.34 Å². The van der Waals surface area contributed by atoms with Crippen molar-refractivity contribution in [2.75, 3.05) is 16.4 Å². The van der Waals surface area contributed by atoms with Gasteiger partial charge < -0.3 is 14.5 Å². The molecule has 0 fully saturated rings. The van der Waals surface area contributed by atoms with Crippen LogP contribution >= 0.6 is 23.1 Å². The van der Waals surface area contributed by atoms with Crippen molar-refractivity contribution < 1.29 is 27.1 Å². The van der Waals surface area contributed by atoms with Crippen LogP contribution in [-0.4, -0.2) is 38.4 Å². The third-order valence-corrected chi connectivity index (χ3v) is 6.30. The second-order valence-corrected chi connectivity index (χ2v) is 8.98. The minimum Gasteiger partial charge on any atom is -0.444 e. The number of nitrogens with zero attached hydrogens (tertiary/aromatic N) is 3. The van der Waals surface area contributed by atoms with Gasteiger partial charge in [-0.05, 0) is 38.1 Å². The number of rotatable bonds is 7. The summed E-state index contributed by atoms with van der Waals surface area (Å²) in [6.45, 7) is 3.39. The van der Waals surface area contributed by atoms with Crippen molar-refractivity contribution in [3.8, 4) is 5.75 Å². The molecular formula is C19H15F3N6O4S2. The number of aromatic nitrogens is 4. The summed E-state index contributed by atoms with van der Waals surface area (Å²) in [5, 5.41) is 20.8. The number of anilines is 3. The predicted octanol–water partition coefficient (Wildman–Crippen LogP) is 4.36. The molecule has 0 bridgehead atoms. The summed E-state index contributed by atoms with van der Waals surface area (Å²) in [4.78, 5) is 24.5. The van der Waals surface area contributed by atoms with E-state index in [1.807, 2.05) is 0 Å². The normalized spacial score (nSPS) is 11.6. The molecule has 0 atom stereocenters. The number of amides is 1. The molecule has 4 aromatic rings. The molecule has 15 heteroatoms. The van der Waals surface area contributed by atoms with Crippen molar-refractivity contribution in [1.82, 2.24) is 20.4 Å². The van der Waals surface area contributed by atoms with E-state index >= 15 is 0 Å². The number of nitrogens with one attached hydrogen (secondary N) is 3. The smallest absolute Gasteiger partial charge is 0.444 e. The molecule has 4 rings (SSSR count). The van der Waals surface area contributed by atoms with Crippen LogP contribution in [0, 0.1) is 13.8 Å². The van der Waals surface area contributed by atoms with Gasteiger partial charge in [0.2, 0.25) is 16.9 Å². The molecule has 0 aliphatic rings. The number of halogens is 3. The maximum absolute atomic E-state index is 12.4. The summed E-state index contributed by atoms with van der Waals surface area (Å²) in [7, 11) is 0. The molecule has 3 heterocycles. The first-order valence-electron chi connectivity index (χ1n) is 9.46. The van der Waals surface area contributed by atoms with E-state index in [4.69, 9.17) is 4.42 Å². The highest BCUT2D eigenvalue weighted by Gasteiger charge is 2.31. The topological polar surface area (TPSA) is 135 Å². The van der Waals surface area contributed by atoms with Crippen LogP contribution in [0.2, 0.25) is 0 Å². The fourth-order valence-electron chi connectivity index (χ4n) is 3.00. The van der Waals surface area contributed by atoms with E-state index in [0.29, 0.717) is 32.0 Å². The number of fused-ring (bicyclic) bond motifs is 1. The Balaban J connectivity index is 1.35. The predicted molar refractivity (Wildman–Crippen MR) is 120 cm³/mol. The molecule has 178 valence electrons. The number of H-pyrrole nitrogens is 1. The summed E-state index contributed by atoms with van der Waals surface area (Å²) in [5.41, 5.74) is 0.579. The summed E-state index contributed by atoms with van der Waals surface area (Å²) < 4.78 is 46.6. The second-order valence-electron chi connectivity index (χ2n) is 6.78. The van der Waals surface area contributed by atoms with Crippen LogP contribution in [0.5, 0.6) is 5.75 Å². The number of aromatic amines is 1. The largest absolute Gasteiger partial charge is 0.573 e. The Morgan fingerprint density at radius 3 is 2.65 bits per heavy atom. The van der Waals surface area contributed by atoms with Gasteiger partial charge in [0.25, 0.3) is 5.56 Å². The van der Waals surface area contributed by atoms with Crippen LogP contribution in [0.1, 0.15) is 11.5 Å². The molecule has 0 saturated heterocycles. The second kappa shape index (κ2) is 9.34. The number of hydrogen-bond acceptors (Lipinski definition) is 10. The van der Waals surface area contributed by atoms with Gasteiger partial charge in [-0.2, -0.15) is 5.10 Å². The van der Waals surface area contributed by atoms with Crippen LogP contribution in [0.15, 0.2) is 37.8 Å². The summed E-state index contributed by atoms with van der Waals surface area (Å²) in [5.74, 6) is -0.277. The Labute approximate surface area is 196 Å². The Morgan fingerprint density at radius 2 is 1.94 bits per heavy atom. The average Bonchev–Trinajstić information content (AvgIpc) is 3.34. The lowest BCUT2D eigenvalue weighted by Gasteiger charge is -2.09. The average molecular weight is 512 g/mol. The SMILES string of the molecule is Cc1n[nH]c(=O)c2c(NC(=O)CSc3nnc(Nc4ccc(OC(F)(F)F)cc4)s3)oc(C)c12. The van der Waals surface area contributed by atoms with Gasteiger partial charge in [-0.15, -0.1) is 23.4 Å². The first kappa shape index (κ1) is 23.6. The lowest BCUT2D eigenvalue weighted by molar-refractivity contribution is -0.274. The number of ether oxygens (including phenoxy) is 1. The lowest BCUT2D eigenvalue weighted by Crippen LogP contribution is -2.16. The zero-order chi connectivity index (χ0) is 24.5. The van der Waals surface area contributed by atoms with E-state index in [-0.39, 0.29) is 22.8 Å². The monoisotopic (exact) mass is 512 g/mol. The fourth-order valence-corrected chi connectivity index (χ4v) is 4.58. The first-order valence-corrected chi connectivity index (χ1v) is 11.3. The van der Waals surface area contributed by atoms with Crippen LogP contribution in [-0.2, 0) is 4.79 Å². The number of alkyl halides is 3. The molecule has 3 N–H and O–H groups in total. The molecule has 0 spiro atoms. The molecule has 0 aliphatic heterocycles. The molecule has 0 unspecified atom stereocenters. The van der Waals surface area contributed by atoms with Crippen molar-refractivity contribution in [3.05, 3.63) is 46.1 Å². The third-order valence-electron chi connectivity index (χ3n) is 4.32. The van der Waals surface area contributed by atoms with Crippen LogP contribution < -0.4 is 20.9 Å². The maximum atomic E-state index is 12.4. The summed E-state index contributed by atoms with van der Waals surface area (Å²) in [6, 6.07) is 5.13. The first-order chi connectivity index (χ1) is 16.1. The molecule has 1 aromatic carbocycles. The highest BCUT2D eigenvalue weighted by atomic mass is 32.2. The van der Waals surface area contributed by atoms with Crippen molar-refractivity contribution in [3.63, 3.8) is 0 Å². The van der Waals surface area contributed by atoms with Gasteiger partial charge in [-0.3, -0.25) is 14.9 Å². The zero-order valence-corrected chi connectivity index (χ0v) is 19.1. The van der Waals surface area contributed by atoms with Gasteiger partial charge in [0.05, 0.1) is 16.8 Å². The number of hydrogen-bond donors (Lipinski definition) is 3. The van der Waals surface area contributed by atoms with Gasteiger partial charge in [0, 0.05) is 5.69 Å². The van der Waals surface area contributed by atoms with Crippen LogP contribution in [0.3, 0.4) is 0 Å². The zero-order valence-electron chi connectivity index (χ0n) is 17.4. The molecular weight excluding hydrogens is 497 g/mol. The molecule has 3 aromatic heterocycles. The number of carbonyl (C=O) groups is 1.